The fourth-order valence-corrected chi connectivity index (χ4v) is 3.33. The number of para-hydroxylation sites is 3. The van der Waals surface area contributed by atoms with Crippen LogP contribution in [0.1, 0.15) is 6.42 Å². The van der Waals surface area contributed by atoms with E-state index in [-0.39, 0.29) is 0 Å². The second-order valence-corrected chi connectivity index (χ2v) is 5.39. The van der Waals surface area contributed by atoms with Crippen molar-refractivity contribution in [3.05, 3.63) is 65.2 Å². The van der Waals surface area contributed by atoms with Gasteiger partial charge >= 0.3 is 0 Å². The van der Waals surface area contributed by atoms with Crippen LogP contribution < -0.4 is 15.3 Å². The van der Waals surface area contributed by atoms with E-state index in [1.54, 1.807) is 0 Å². The number of allylic oxidation sites excluding steroid dienone is 2. The van der Waals surface area contributed by atoms with E-state index >= 15 is 0 Å². The molecule has 0 fully saturated rings. The van der Waals surface area contributed by atoms with E-state index in [0.29, 0.717) is 0 Å². The van der Waals surface area contributed by atoms with E-state index < -0.39 is 0 Å². The number of fused-ring (bicyclic) bond motifs is 5. The van der Waals surface area contributed by atoms with Crippen LogP contribution in [0.25, 0.3) is 28.7 Å². The molecule has 100 valence electrons. The highest BCUT2D eigenvalue weighted by Crippen LogP contribution is 2.38. The van der Waals surface area contributed by atoms with E-state index in [4.69, 9.17) is 4.74 Å². The Bertz CT molecular complexity index is 1040. The number of nitrogens with zero attached hydrogens (tertiary/aromatic N) is 1. The molecule has 2 aromatic carbocycles. The zero-order valence-electron chi connectivity index (χ0n) is 11.4. The highest BCUT2D eigenvalue weighted by molar-refractivity contribution is 5.91. The van der Waals surface area contributed by atoms with Crippen molar-refractivity contribution >= 4 is 23.1 Å². The maximum absolute atomic E-state index is 6.09. The first-order chi connectivity index (χ1) is 10.4. The Hall–Kier alpha value is -2.74. The number of aromatic nitrogens is 1. The summed E-state index contributed by atoms with van der Waals surface area (Å²) < 4.78 is 8.42. The first kappa shape index (κ1) is 11.0. The van der Waals surface area contributed by atoms with Crippen molar-refractivity contribution in [2.24, 2.45) is 0 Å². The van der Waals surface area contributed by atoms with Crippen molar-refractivity contribution in [3.63, 3.8) is 0 Å². The van der Waals surface area contributed by atoms with Crippen LogP contribution >= 0.6 is 0 Å². The molecule has 0 bridgehead atoms. The van der Waals surface area contributed by atoms with Crippen LogP contribution in [-0.2, 0) is 0 Å². The van der Waals surface area contributed by atoms with Gasteiger partial charge in [0.05, 0.1) is 16.6 Å². The largest absolute Gasteiger partial charge is 0.453 e. The summed E-state index contributed by atoms with van der Waals surface area (Å²) in [4.78, 5) is 0. The van der Waals surface area contributed by atoms with E-state index in [0.717, 1.165) is 23.6 Å². The quantitative estimate of drug-likeness (QED) is 0.479. The second-order valence-electron chi connectivity index (χ2n) is 5.39. The summed E-state index contributed by atoms with van der Waals surface area (Å²) >= 11 is 0. The van der Waals surface area contributed by atoms with Crippen molar-refractivity contribution in [1.82, 2.24) is 4.57 Å². The number of rotatable bonds is 0. The van der Waals surface area contributed by atoms with Crippen LogP contribution in [0.2, 0.25) is 0 Å². The van der Waals surface area contributed by atoms with E-state index in [1.807, 2.05) is 18.2 Å². The minimum absolute atomic E-state index is 0.914. The summed E-state index contributed by atoms with van der Waals surface area (Å²) in [5.74, 6) is 1.85. The van der Waals surface area contributed by atoms with Crippen molar-refractivity contribution in [3.8, 4) is 17.2 Å². The molecule has 1 aliphatic heterocycles. The van der Waals surface area contributed by atoms with Crippen molar-refractivity contribution in [2.45, 2.75) is 6.42 Å². The lowest BCUT2D eigenvalue weighted by Gasteiger charge is -2.20. The highest BCUT2D eigenvalue weighted by Gasteiger charge is 2.21. The van der Waals surface area contributed by atoms with Crippen LogP contribution in [0.15, 0.2) is 54.6 Å². The molecular formula is C19H13NO. The zero-order valence-corrected chi connectivity index (χ0v) is 11.4. The maximum Gasteiger partial charge on any atom is 0.152 e. The SMILES string of the molecule is C1=CCC=c2c(n3c4c(cccc24)Oc2ccccc2-3)=C1. The van der Waals surface area contributed by atoms with Gasteiger partial charge in [-0.3, -0.25) is 0 Å². The molecule has 2 nitrogen and oxygen atoms in total. The third-order valence-corrected chi connectivity index (χ3v) is 4.20. The van der Waals surface area contributed by atoms with Gasteiger partial charge in [-0.05, 0) is 30.7 Å². The van der Waals surface area contributed by atoms with Crippen LogP contribution in [-0.4, -0.2) is 4.57 Å². The Morgan fingerprint density at radius 2 is 1.86 bits per heavy atom. The molecule has 1 aliphatic carbocycles. The minimum Gasteiger partial charge on any atom is -0.453 e. The molecule has 0 N–H and O–H groups in total. The zero-order chi connectivity index (χ0) is 13.8. The fraction of sp³-hybridized carbons (Fsp3) is 0.0526. The average molecular weight is 271 g/mol. The lowest BCUT2D eigenvalue weighted by Crippen LogP contribution is -2.28. The van der Waals surface area contributed by atoms with E-state index in [9.17, 15) is 0 Å². The molecule has 0 radical (unpaired) electrons. The third-order valence-electron chi connectivity index (χ3n) is 4.20. The van der Waals surface area contributed by atoms with Gasteiger partial charge < -0.3 is 9.30 Å². The molecule has 0 unspecified atom stereocenters. The van der Waals surface area contributed by atoms with Gasteiger partial charge in [-0.1, -0.05) is 42.5 Å². The Kier molecular flexibility index (Phi) is 2.03. The van der Waals surface area contributed by atoms with Crippen molar-refractivity contribution in [2.75, 3.05) is 0 Å². The number of hydrogen-bond acceptors (Lipinski definition) is 1. The van der Waals surface area contributed by atoms with Gasteiger partial charge in [0.15, 0.2) is 11.5 Å². The standard InChI is InChI=1S/C19H13NO/c1-2-7-13-14-8-6-12-18-19(14)20(15(13)9-3-1)16-10-4-5-11-17(16)21-18/h1,3-12H,2H2. The van der Waals surface area contributed by atoms with E-state index in [2.05, 4.69) is 53.1 Å². The van der Waals surface area contributed by atoms with Gasteiger partial charge in [0.2, 0.25) is 0 Å². The molecular weight excluding hydrogens is 258 g/mol. The summed E-state index contributed by atoms with van der Waals surface area (Å²) in [5, 5.41) is 3.80. The summed E-state index contributed by atoms with van der Waals surface area (Å²) in [7, 11) is 0. The number of hydrogen-bond donors (Lipinski definition) is 0. The topological polar surface area (TPSA) is 14.2 Å². The number of benzene rings is 2. The lowest BCUT2D eigenvalue weighted by atomic mass is 10.2. The molecule has 2 heteroatoms. The third kappa shape index (κ3) is 1.37. The molecule has 21 heavy (non-hydrogen) atoms. The summed E-state index contributed by atoms with van der Waals surface area (Å²) in [5.41, 5.74) is 2.28. The van der Waals surface area contributed by atoms with Gasteiger partial charge in [-0.2, -0.15) is 0 Å². The van der Waals surface area contributed by atoms with E-state index in [1.165, 1.54) is 21.5 Å². The fourth-order valence-electron chi connectivity index (χ4n) is 3.33. The summed E-state index contributed by atoms with van der Waals surface area (Å²) in [6.07, 6.45) is 9.79. The molecule has 1 aromatic heterocycles. The summed E-state index contributed by atoms with van der Waals surface area (Å²) in [6.45, 7) is 0. The Balaban J connectivity index is 2.11. The Morgan fingerprint density at radius 1 is 0.952 bits per heavy atom. The normalized spacial score (nSPS) is 14.5. The highest BCUT2D eigenvalue weighted by atomic mass is 16.5. The van der Waals surface area contributed by atoms with Crippen LogP contribution in [0, 0.1) is 0 Å². The summed E-state index contributed by atoms with van der Waals surface area (Å²) in [6, 6.07) is 14.5. The Labute approximate surface area is 121 Å². The minimum atomic E-state index is 0.914. The maximum atomic E-state index is 6.09. The monoisotopic (exact) mass is 271 g/mol. The predicted molar refractivity (Wildman–Crippen MR) is 85.3 cm³/mol. The van der Waals surface area contributed by atoms with Gasteiger partial charge in [0.1, 0.15) is 0 Å². The smallest absolute Gasteiger partial charge is 0.152 e. The Morgan fingerprint density at radius 3 is 2.86 bits per heavy atom. The first-order valence-corrected chi connectivity index (χ1v) is 7.21. The van der Waals surface area contributed by atoms with Gasteiger partial charge in [0.25, 0.3) is 0 Å². The average Bonchev–Trinajstić information content (AvgIpc) is 2.70. The molecule has 5 rings (SSSR count). The van der Waals surface area contributed by atoms with Crippen LogP contribution in [0.5, 0.6) is 11.5 Å². The van der Waals surface area contributed by atoms with Crippen molar-refractivity contribution < 1.29 is 4.74 Å². The van der Waals surface area contributed by atoms with Gasteiger partial charge in [-0.25, -0.2) is 0 Å². The lowest BCUT2D eigenvalue weighted by molar-refractivity contribution is 0.475. The number of ether oxygens (including phenoxy) is 1. The second kappa shape index (κ2) is 3.89. The molecule has 3 aromatic rings. The molecule has 0 saturated carbocycles. The molecule has 0 atom stereocenters. The van der Waals surface area contributed by atoms with Crippen molar-refractivity contribution in [1.29, 1.82) is 0 Å². The first-order valence-electron chi connectivity index (χ1n) is 7.21. The molecule has 0 amide bonds. The predicted octanol–water partition coefficient (Wildman–Crippen LogP) is 3.26. The van der Waals surface area contributed by atoms with Gasteiger partial charge in [-0.15, -0.1) is 0 Å². The molecule has 2 heterocycles. The molecule has 2 aliphatic rings. The molecule has 0 saturated heterocycles. The molecule has 0 spiro atoms. The van der Waals surface area contributed by atoms with Gasteiger partial charge in [0, 0.05) is 10.6 Å². The van der Waals surface area contributed by atoms with Crippen LogP contribution in [0.3, 0.4) is 0 Å². The van der Waals surface area contributed by atoms with Crippen LogP contribution in [0.4, 0.5) is 0 Å².